The van der Waals surface area contributed by atoms with Crippen molar-refractivity contribution in [2.24, 2.45) is 5.73 Å². The number of nitrogens with two attached hydrogens (primary N) is 1. The van der Waals surface area contributed by atoms with E-state index in [-0.39, 0.29) is 5.91 Å². The first-order valence-corrected chi connectivity index (χ1v) is 5.45. The van der Waals surface area contributed by atoms with Crippen LogP contribution >= 0.6 is 0 Å². The van der Waals surface area contributed by atoms with Crippen molar-refractivity contribution in [3.63, 3.8) is 0 Å². The molecular formula is C12H14N2O3. The zero-order valence-electron chi connectivity index (χ0n) is 9.24. The highest BCUT2D eigenvalue weighted by Gasteiger charge is 2.37. The van der Waals surface area contributed by atoms with Crippen LogP contribution in [-0.2, 0) is 9.59 Å². The Morgan fingerprint density at radius 3 is 2.53 bits per heavy atom. The summed E-state index contributed by atoms with van der Waals surface area (Å²) in [6.45, 7) is 0.395. The molecule has 1 aliphatic rings. The summed E-state index contributed by atoms with van der Waals surface area (Å²) >= 11 is 0. The van der Waals surface area contributed by atoms with Crippen molar-refractivity contribution in [2.45, 2.75) is 18.5 Å². The van der Waals surface area contributed by atoms with Crippen molar-refractivity contribution in [3.8, 4) is 0 Å². The molecule has 1 saturated heterocycles. The lowest BCUT2D eigenvalue weighted by atomic mass is 10.1. The molecule has 90 valence electrons. The fourth-order valence-electron chi connectivity index (χ4n) is 2.07. The Bertz CT molecular complexity index is 433. The van der Waals surface area contributed by atoms with Gasteiger partial charge in [0.15, 0.2) is 6.04 Å². The molecule has 0 radical (unpaired) electrons. The third kappa shape index (κ3) is 2.14. The second-order valence-corrected chi connectivity index (χ2v) is 4.08. The van der Waals surface area contributed by atoms with Gasteiger partial charge in [-0.3, -0.25) is 4.79 Å². The molecule has 5 nitrogen and oxygen atoms in total. The second-order valence-electron chi connectivity index (χ2n) is 4.08. The molecule has 1 amide bonds. The number of amides is 1. The number of benzene rings is 1. The van der Waals surface area contributed by atoms with Crippen LogP contribution in [0.5, 0.6) is 0 Å². The average Bonchev–Trinajstić information content (AvgIpc) is 2.63. The summed E-state index contributed by atoms with van der Waals surface area (Å²) in [5.74, 6) is -1.32. The van der Waals surface area contributed by atoms with Gasteiger partial charge in [0, 0.05) is 6.54 Å². The molecule has 0 bridgehead atoms. The Morgan fingerprint density at radius 2 is 2.06 bits per heavy atom. The lowest BCUT2D eigenvalue weighted by molar-refractivity contribution is -0.148. The highest BCUT2D eigenvalue weighted by atomic mass is 16.4. The van der Waals surface area contributed by atoms with Gasteiger partial charge in [0.1, 0.15) is 0 Å². The van der Waals surface area contributed by atoms with Crippen molar-refractivity contribution < 1.29 is 14.7 Å². The summed E-state index contributed by atoms with van der Waals surface area (Å²) < 4.78 is 0. The van der Waals surface area contributed by atoms with E-state index in [1.54, 1.807) is 30.3 Å². The molecule has 0 aromatic heterocycles. The lowest BCUT2D eigenvalue weighted by Gasteiger charge is -2.24. The minimum atomic E-state index is -1.03. The molecule has 17 heavy (non-hydrogen) atoms. The molecule has 1 fully saturated rings. The van der Waals surface area contributed by atoms with Crippen LogP contribution in [-0.4, -0.2) is 34.5 Å². The number of aliphatic carboxylic acids is 1. The number of carbonyl (C=O) groups is 2. The van der Waals surface area contributed by atoms with E-state index in [0.29, 0.717) is 18.5 Å². The van der Waals surface area contributed by atoms with Gasteiger partial charge in [-0.2, -0.15) is 0 Å². The maximum Gasteiger partial charge on any atom is 0.331 e. The number of hydrogen-bond donors (Lipinski definition) is 2. The van der Waals surface area contributed by atoms with Crippen molar-refractivity contribution in [1.82, 2.24) is 4.90 Å². The predicted octanol–water partition coefficient (Wildman–Crippen LogP) is 0.372. The molecular weight excluding hydrogens is 220 g/mol. The topological polar surface area (TPSA) is 83.6 Å². The third-order valence-corrected chi connectivity index (χ3v) is 2.94. The van der Waals surface area contributed by atoms with Crippen molar-refractivity contribution in [2.75, 3.05) is 6.54 Å². The van der Waals surface area contributed by atoms with E-state index < -0.39 is 18.1 Å². The van der Waals surface area contributed by atoms with Crippen molar-refractivity contribution in [1.29, 1.82) is 0 Å². The van der Waals surface area contributed by atoms with E-state index in [2.05, 4.69) is 0 Å². The van der Waals surface area contributed by atoms with Gasteiger partial charge in [-0.05, 0) is 12.0 Å². The molecule has 0 saturated carbocycles. The van der Waals surface area contributed by atoms with Gasteiger partial charge in [0.25, 0.3) is 0 Å². The van der Waals surface area contributed by atoms with E-state index >= 15 is 0 Å². The summed E-state index contributed by atoms with van der Waals surface area (Å²) in [5.41, 5.74) is 6.20. The van der Waals surface area contributed by atoms with Crippen LogP contribution in [0.2, 0.25) is 0 Å². The minimum absolute atomic E-state index is 0.291. The average molecular weight is 234 g/mol. The fourth-order valence-corrected chi connectivity index (χ4v) is 2.07. The lowest BCUT2D eigenvalue weighted by Crippen LogP contribution is -2.39. The van der Waals surface area contributed by atoms with E-state index in [1.165, 1.54) is 4.90 Å². The van der Waals surface area contributed by atoms with Gasteiger partial charge >= 0.3 is 5.97 Å². The Labute approximate surface area is 98.8 Å². The van der Waals surface area contributed by atoms with Gasteiger partial charge in [0.05, 0.1) is 6.04 Å². The summed E-state index contributed by atoms with van der Waals surface area (Å²) in [6.07, 6.45) is 0.509. The maximum absolute atomic E-state index is 11.8. The van der Waals surface area contributed by atoms with Gasteiger partial charge < -0.3 is 15.7 Å². The quantitative estimate of drug-likeness (QED) is 0.791. The number of carboxylic acids is 1. The molecule has 1 aromatic rings. The molecule has 0 aliphatic carbocycles. The van der Waals surface area contributed by atoms with E-state index in [9.17, 15) is 14.7 Å². The number of carbonyl (C=O) groups excluding carboxylic acids is 1. The summed E-state index contributed by atoms with van der Waals surface area (Å²) in [7, 11) is 0. The fraction of sp³-hybridized carbons (Fsp3) is 0.333. The van der Waals surface area contributed by atoms with Gasteiger partial charge in [-0.1, -0.05) is 30.3 Å². The SMILES string of the molecule is NC1CCN(C(C(=O)O)c2ccccc2)C1=O. The number of rotatable bonds is 3. The highest BCUT2D eigenvalue weighted by molar-refractivity contribution is 5.89. The number of carboxylic acid groups (broad SMARTS) is 1. The van der Waals surface area contributed by atoms with Crippen LogP contribution < -0.4 is 5.73 Å². The summed E-state index contributed by atoms with van der Waals surface area (Å²) in [4.78, 5) is 24.4. The Balaban J connectivity index is 2.31. The second kappa shape index (κ2) is 4.55. The van der Waals surface area contributed by atoms with Crippen LogP contribution in [0.4, 0.5) is 0 Å². The molecule has 3 N–H and O–H groups in total. The predicted molar refractivity (Wildman–Crippen MR) is 61.1 cm³/mol. The molecule has 1 aromatic carbocycles. The van der Waals surface area contributed by atoms with Crippen molar-refractivity contribution >= 4 is 11.9 Å². The Kier molecular flexibility index (Phi) is 3.10. The molecule has 1 heterocycles. The minimum Gasteiger partial charge on any atom is -0.479 e. The number of hydrogen-bond acceptors (Lipinski definition) is 3. The number of nitrogens with zero attached hydrogens (tertiary/aromatic N) is 1. The molecule has 1 aliphatic heterocycles. The van der Waals surface area contributed by atoms with E-state index in [4.69, 9.17) is 5.73 Å². The van der Waals surface area contributed by atoms with Crippen LogP contribution in [0, 0.1) is 0 Å². The zero-order valence-corrected chi connectivity index (χ0v) is 9.24. The molecule has 2 unspecified atom stereocenters. The van der Waals surface area contributed by atoms with Crippen LogP contribution in [0.25, 0.3) is 0 Å². The third-order valence-electron chi connectivity index (χ3n) is 2.94. The Morgan fingerprint density at radius 1 is 1.41 bits per heavy atom. The van der Waals surface area contributed by atoms with Crippen molar-refractivity contribution in [3.05, 3.63) is 35.9 Å². The van der Waals surface area contributed by atoms with Crippen LogP contribution in [0.15, 0.2) is 30.3 Å². The van der Waals surface area contributed by atoms with Gasteiger partial charge in [0.2, 0.25) is 5.91 Å². The van der Waals surface area contributed by atoms with E-state index in [1.807, 2.05) is 0 Å². The van der Waals surface area contributed by atoms with Crippen LogP contribution in [0.1, 0.15) is 18.0 Å². The first-order chi connectivity index (χ1) is 8.11. The zero-order chi connectivity index (χ0) is 12.4. The van der Waals surface area contributed by atoms with Gasteiger partial charge in [-0.15, -0.1) is 0 Å². The van der Waals surface area contributed by atoms with Gasteiger partial charge in [-0.25, -0.2) is 4.79 Å². The highest BCUT2D eigenvalue weighted by Crippen LogP contribution is 2.25. The Hall–Kier alpha value is -1.88. The largest absolute Gasteiger partial charge is 0.479 e. The molecule has 2 rings (SSSR count). The summed E-state index contributed by atoms with van der Waals surface area (Å²) in [5, 5.41) is 9.26. The maximum atomic E-state index is 11.8. The summed E-state index contributed by atoms with van der Waals surface area (Å²) in [6, 6.07) is 7.22. The molecule has 2 atom stereocenters. The molecule has 0 spiro atoms. The normalized spacial score (nSPS) is 21.6. The standard InChI is InChI=1S/C12H14N2O3/c13-9-6-7-14(11(9)15)10(12(16)17)8-4-2-1-3-5-8/h1-5,9-10H,6-7,13H2,(H,16,17). The first kappa shape index (κ1) is 11.6. The smallest absolute Gasteiger partial charge is 0.331 e. The number of likely N-dealkylation sites (tertiary alicyclic amines) is 1. The first-order valence-electron chi connectivity index (χ1n) is 5.45. The van der Waals surface area contributed by atoms with Crippen LogP contribution in [0.3, 0.4) is 0 Å². The van der Waals surface area contributed by atoms with E-state index in [0.717, 1.165) is 0 Å². The monoisotopic (exact) mass is 234 g/mol. The molecule has 5 heteroatoms.